The summed E-state index contributed by atoms with van der Waals surface area (Å²) >= 11 is 1.83. The van der Waals surface area contributed by atoms with E-state index in [4.69, 9.17) is 4.74 Å². The van der Waals surface area contributed by atoms with Crippen molar-refractivity contribution >= 4 is 28.9 Å². The van der Waals surface area contributed by atoms with Gasteiger partial charge in [-0.2, -0.15) is 0 Å². The van der Waals surface area contributed by atoms with Crippen LogP contribution in [0.15, 0.2) is 60.0 Å². The Morgan fingerprint density at radius 2 is 1.92 bits per heavy atom. The number of hydrogen-bond donors (Lipinski definition) is 2. The van der Waals surface area contributed by atoms with Gasteiger partial charge in [0.2, 0.25) is 5.91 Å². The minimum atomic E-state index is -0.446. The maximum absolute atomic E-state index is 12.5. The molecule has 0 radical (unpaired) electrons. The highest BCUT2D eigenvalue weighted by Gasteiger charge is 2.26. The number of carbonyl (C=O) groups is 2. The second-order valence-electron chi connectivity index (χ2n) is 9.53. The number of rotatable bonds is 12. The first-order valence-electron chi connectivity index (χ1n) is 13.2. The molecular formula is C30H37N3O3S. The lowest BCUT2D eigenvalue weighted by Crippen LogP contribution is -2.41. The van der Waals surface area contributed by atoms with Crippen molar-refractivity contribution in [2.75, 3.05) is 32.0 Å². The molecule has 0 saturated carbocycles. The van der Waals surface area contributed by atoms with Crippen LogP contribution in [0.25, 0.3) is 0 Å². The molecule has 0 bridgehead atoms. The predicted molar refractivity (Wildman–Crippen MR) is 150 cm³/mol. The number of benzene rings is 2. The number of hydrogen-bond acceptors (Lipinski definition) is 6. The number of esters is 1. The van der Waals surface area contributed by atoms with E-state index in [0.717, 1.165) is 62.0 Å². The minimum Gasteiger partial charge on any atom is -0.425 e. The van der Waals surface area contributed by atoms with Gasteiger partial charge in [0.1, 0.15) is 12.3 Å². The number of thiophene rings is 1. The third-order valence-corrected chi connectivity index (χ3v) is 7.86. The van der Waals surface area contributed by atoms with Crippen LogP contribution in [0.1, 0.15) is 41.3 Å². The Labute approximate surface area is 224 Å². The molecule has 7 heteroatoms. The molecule has 1 unspecified atom stereocenters. The van der Waals surface area contributed by atoms with Gasteiger partial charge in [-0.3, -0.25) is 9.69 Å². The van der Waals surface area contributed by atoms with E-state index in [0.29, 0.717) is 11.8 Å². The summed E-state index contributed by atoms with van der Waals surface area (Å²) in [5.74, 6) is -0.0258. The smallest absolute Gasteiger partial charge is 0.330 e. The van der Waals surface area contributed by atoms with E-state index in [1.54, 1.807) is 0 Å². The van der Waals surface area contributed by atoms with Crippen molar-refractivity contribution in [2.45, 2.75) is 51.5 Å². The highest BCUT2D eigenvalue weighted by atomic mass is 32.1. The molecule has 6 nitrogen and oxygen atoms in total. The van der Waals surface area contributed by atoms with Gasteiger partial charge in [0.05, 0.1) is 6.42 Å². The topological polar surface area (TPSA) is 70.7 Å². The molecule has 0 aliphatic heterocycles. The van der Waals surface area contributed by atoms with E-state index in [-0.39, 0.29) is 18.9 Å². The van der Waals surface area contributed by atoms with Gasteiger partial charge >= 0.3 is 5.97 Å². The zero-order valence-corrected chi connectivity index (χ0v) is 22.6. The Balaban J connectivity index is 1.30. The van der Waals surface area contributed by atoms with Crippen molar-refractivity contribution in [3.8, 4) is 5.75 Å². The highest BCUT2D eigenvalue weighted by Crippen LogP contribution is 2.32. The number of carbonyl (C=O) groups excluding carboxylic acids is 2. The second kappa shape index (κ2) is 13.4. The fourth-order valence-electron chi connectivity index (χ4n) is 5.00. The Morgan fingerprint density at radius 3 is 2.65 bits per heavy atom. The molecular weight excluding hydrogens is 482 g/mol. The summed E-state index contributed by atoms with van der Waals surface area (Å²) in [4.78, 5) is 28.9. The molecule has 0 saturated heterocycles. The summed E-state index contributed by atoms with van der Waals surface area (Å²) < 4.78 is 5.71. The van der Waals surface area contributed by atoms with Gasteiger partial charge in [-0.25, -0.2) is 4.79 Å². The minimum absolute atomic E-state index is 0.146. The second-order valence-corrected chi connectivity index (χ2v) is 10.6. The first-order valence-corrected chi connectivity index (χ1v) is 14.0. The summed E-state index contributed by atoms with van der Waals surface area (Å²) in [6.07, 6.45) is 5.35. The molecule has 0 spiro atoms. The van der Waals surface area contributed by atoms with E-state index < -0.39 is 5.97 Å². The molecule has 37 heavy (non-hydrogen) atoms. The van der Waals surface area contributed by atoms with E-state index in [1.165, 1.54) is 10.4 Å². The molecule has 2 N–H and O–H groups in total. The zero-order chi connectivity index (χ0) is 26.0. The van der Waals surface area contributed by atoms with Gasteiger partial charge in [-0.05, 0) is 85.0 Å². The van der Waals surface area contributed by atoms with Crippen molar-refractivity contribution in [1.82, 2.24) is 10.2 Å². The number of fused-ring (bicyclic) bond motifs is 1. The van der Waals surface area contributed by atoms with Crippen LogP contribution >= 0.6 is 11.3 Å². The van der Waals surface area contributed by atoms with E-state index in [9.17, 15) is 9.59 Å². The molecule has 1 heterocycles. The lowest BCUT2D eigenvalue weighted by molar-refractivity contribution is -0.135. The Kier molecular flexibility index (Phi) is 9.74. The average Bonchev–Trinajstić information content (AvgIpc) is 3.44. The Morgan fingerprint density at radius 1 is 1.08 bits per heavy atom. The fourth-order valence-corrected chi connectivity index (χ4v) is 5.70. The Bertz CT molecular complexity index is 1160. The molecule has 0 fully saturated rings. The van der Waals surface area contributed by atoms with Gasteiger partial charge in [0.15, 0.2) is 0 Å². The molecule has 1 aromatic heterocycles. The number of amides is 1. The van der Waals surface area contributed by atoms with Crippen LogP contribution in [-0.2, 0) is 35.3 Å². The fraction of sp³-hybridized carbons (Fsp3) is 0.400. The highest BCUT2D eigenvalue weighted by molar-refractivity contribution is 7.09. The van der Waals surface area contributed by atoms with Crippen molar-refractivity contribution in [3.05, 3.63) is 81.5 Å². The van der Waals surface area contributed by atoms with Gasteiger partial charge in [0.25, 0.3) is 0 Å². The van der Waals surface area contributed by atoms with E-state index in [2.05, 4.69) is 46.0 Å². The maximum Gasteiger partial charge on any atom is 0.330 e. The summed E-state index contributed by atoms with van der Waals surface area (Å²) in [6.45, 7) is 4.26. The van der Waals surface area contributed by atoms with Gasteiger partial charge in [-0.1, -0.05) is 37.3 Å². The molecule has 2 aromatic carbocycles. The average molecular weight is 520 g/mol. The lowest BCUT2D eigenvalue weighted by atomic mass is 9.86. The summed E-state index contributed by atoms with van der Waals surface area (Å²) in [7, 11) is 1.85. The number of ether oxygens (including phenoxy) is 1. The lowest BCUT2D eigenvalue weighted by Gasteiger charge is -2.35. The summed E-state index contributed by atoms with van der Waals surface area (Å²) in [6, 6.07) is 18.5. The normalized spacial score (nSPS) is 14.7. The summed E-state index contributed by atoms with van der Waals surface area (Å²) in [5.41, 5.74) is 4.26. The molecule has 1 atom stereocenters. The maximum atomic E-state index is 12.5. The van der Waals surface area contributed by atoms with Crippen molar-refractivity contribution in [2.24, 2.45) is 0 Å². The van der Waals surface area contributed by atoms with Crippen LogP contribution in [0.3, 0.4) is 0 Å². The third-order valence-electron chi connectivity index (χ3n) is 6.93. The standard InChI is InChI=1S/C30H37N3O3S/c1-3-16-33(17-15-26-7-5-18-37-26)25-13-14-27-23(20-25)6-4-8-28(27)36-30(35)21-32-29(34)19-22-9-11-24(31-2)12-10-22/h4-12,18,25,31H,3,13-17,19-21H2,1-2H3,(H,32,34). The molecule has 1 amide bonds. The third kappa shape index (κ3) is 7.66. The number of nitrogens with zero attached hydrogens (tertiary/aromatic N) is 1. The first kappa shape index (κ1) is 26.9. The summed E-state index contributed by atoms with van der Waals surface area (Å²) in [5, 5.41) is 7.89. The van der Waals surface area contributed by atoms with Gasteiger partial charge in [-0.15, -0.1) is 11.3 Å². The van der Waals surface area contributed by atoms with Crippen molar-refractivity contribution in [1.29, 1.82) is 0 Å². The SMILES string of the molecule is CCCN(CCc1cccs1)C1CCc2c(cccc2OC(=O)CNC(=O)Cc2ccc(NC)cc2)C1. The zero-order valence-electron chi connectivity index (χ0n) is 21.8. The first-order chi connectivity index (χ1) is 18.1. The quantitative estimate of drug-likeness (QED) is 0.264. The van der Waals surface area contributed by atoms with Crippen LogP contribution in [0, 0.1) is 0 Å². The largest absolute Gasteiger partial charge is 0.425 e. The van der Waals surface area contributed by atoms with Crippen LogP contribution in [0.5, 0.6) is 5.75 Å². The Hall–Kier alpha value is -3.16. The van der Waals surface area contributed by atoms with Crippen LogP contribution in [-0.4, -0.2) is 49.5 Å². The van der Waals surface area contributed by atoms with Crippen LogP contribution < -0.4 is 15.4 Å². The molecule has 1 aliphatic carbocycles. The van der Waals surface area contributed by atoms with E-state index in [1.807, 2.05) is 54.8 Å². The van der Waals surface area contributed by atoms with Crippen molar-refractivity contribution < 1.29 is 14.3 Å². The molecule has 196 valence electrons. The van der Waals surface area contributed by atoms with Crippen LogP contribution in [0.4, 0.5) is 5.69 Å². The molecule has 4 rings (SSSR count). The predicted octanol–water partition coefficient (Wildman–Crippen LogP) is 4.87. The van der Waals surface area contributed by atoms with Gasteiger partial charge < -0.3 is 15.4 Å². The monoisotopic (exact) mass is 519 g/mol. The van der Waals surface area contributed by atoms with E-state index >= 15 is 0 Å². The van der Waals surface area contributed by atoms with Crippen molar-refractivity contribution in [3.63, 3.8) is 0 Å². The molecule has 3 aromatic rings. The number of nitrogens with one attached hydrogen (secondary N) is 2. The van der Waals surface area contributed by atoms with Gasteiger partial charge in [0, 0.05) is 30.2 Å². The van der Waals surface area contributed by atoms with Crippen LogP contribution in [0.2, 0.25) is 0 Å². The molecule has 1 aliphatic rings. The number of anilines is 1.